The van der Waals surface area contributed by atoms with Gasteiger partial charge in [-0.15, -0.1) is 0 Å². The zero-order chi connectivity index (χ0) is 17.8. The number of carbonyl (C=O) groups is 4. The molecule has 0 fully saturated rings. The van der Waals surface area contributed by atoms with Crippen LogP contribution in [0.5, 0.6) is 0 Å². The van der Waals surface area contributed by atoms with Crippen molar-refractivity contribution in [3.63, 3.8) is 0 Å². The van der Waals surface area contributed by atoms with Gasteiger partial charge in [0, 0.05) is 0 Å². The number of rotatable bonds is 9. The van der Waals surface area contributed by atoms with E-state index in [4.69, 9.17) is 18.9 Å². The zero-order valence-corrected chi connectivity index (χ0v) is 16.7. The molecule has 0 atom stereocenters. The van der Waals surface area contributed by atoms with E-state index in [2.05, 4.69) is 0 Å². The fourth-order valence-corrected chi connectivity index (χ4v) is 1.38. The van der Waals surface area contributed by atoms with Gasteiger partial charge in [0.1, 0.15) is 0 Å². The minimum absolute atomic E-state index is 0. The molecule has 0 bridgehead atoms. The molecule has 8 nitrogen and oxygen atoms in total. The maximum absolute atomic E-state index is 11.8. The SMILES string of the molecule is CCOC(=O)C(=C[C-](C(=O)OCC)C(=O)OCC)C(=O)OCC.[Na+]. The quantitative estimate of drug-likeness (QED) is 0.0871. The van der Waals surface area contributed by atoms with Crippen LogP contribution in [0.25, 0.3) is 0 Å². The van der Waals surface area contributed by atoms with Crippen molar-refractivity contribution in [3.8, 4) is 0 Å². The first-order valence-corrected chi connectivity index (χ1v) is 7.19. The van der Waals surface area contributed by atoms with Crippen LogP contribution >= 0.6 is 0 Å². The van der Waals surface area contributed by atoms with Gasteiger partial charge >= 0.3 is 29.6 Å². The van der Waals surface area contributed by atoms with Crippen molar-refractivity contribution in [1.82, 2.24) is 0 Å². The Labute approximate surface area is 163 Å². The third-order valence-electron chi connectivity index (χ3n) is 2.27. The summed E-state index contributed by atoms with van der Waals surface area (Å²) in [5.74, 6) is -4.66. The van der Waals surface area contributed by atoms with E-state index in [0.29, 0.717) is 0 Å². The Morgan fingerprint density at radius 2 is 1.04 bits per heavy atom. The molecule has 0 saturated carbocycles. The summed E-state index contributed by atoms with van der Waals surface area (Å²) in [7, 11) is 0. The predicted molar refractivity (Wildman–Crippen MR) is 77.9 cm³/mol. The normalized spacial score (nSPS) is 9.00. The molecule has 24 heavy (non-hydrogen) atoms. The minimum Gasteiger partial charge on any atom is -0.476 e. The van der Waals surface area contributed by atoms with Crippen LogP contribution in [0.15, 0.2) is 11.6 Å². The maximum atomic E-state index is 11.8. The van der Waals surface area contributed by atoms with Gasteiger partial charge in [-0.2, -0.15) is 6.08 Å². The molecule has 130 valence electrons. The molecule has 9 heteroatoms. The van der Waals surface area contributed by atoms with Gasteiger partial charge < -0.3 is 18.9 Å². The van der Waals surface area contributed by atoms with E-state index in [-0.39, 0.29) is 56.0 Å². The molecule has 0 aromatic heterocycles. The zero-order valence-electron chi connectivity index (χ0n) is 14.7. The smallest absolute Gasteiger partial charge is 0.476 e. The van der Waals surface area contributed by atoms with E-state index in [9.17, 15) is 19.2 Å². The van der Waals surface area contributed by atoms with Crippen molar-refractivity contribution in [2.24, 2.45) is 0 Å². The first-order valence-electron chi connectivity index (χ1n) is 7.19. The Morgan fingerprint density at radius 1 is 0.708 bits per heavy atom. The van der Waals surface area contributed by atoms with E-state index in [0.717, 1.165) is 6.08 Å². The van der Waals surface area contributed by atoms with Crippen LogP contribution in [0.2, 0.25) is 0 Å². The second kappa shape index (κ2) is 13.9. The molecule has 0 aliphatic heterocycles. The van der Waals surface area contributed by atoms with Crippen molar-refractivity contribution in [2.45, 2.75) is 27.7 Å². The summed E-state index contributed by atoms with van der Waals surface area (Å²) in [6.07, 6.45) is 0.770. The number of hydrogen-bond acceptors (Lipinski definition) is 8. The van der Waals surface area contributed by atoms with E-state index in [1.165, 1.54) is 0 Å². The van der Waals surface area contributed by atoms with Gasteiger partial charge in [0.25, 0.3) is 23.9 Å². The Balaban J connectivity index is 0. The van der Waals surface area contributed by atoms with Gasteiger partial charge in [-0.3, -0.25) is 19.2 Å². The molecule has 0 aromatic carbocycles. The van der Waals surface area contributed by atoms with Crippen LogP contribution in [0.4, 0.5) is 0 Å². The van der Waals surface area contributed by atoms with Gasteiger partial charge in [0.05, 0.1) is 26.4 Å². The monoisotopic (exact) mass is 352 g/mol. The van der Waals surface area contributed by atoms with Gasteiger partial charge in [0.2, 0.25) is 0 Å². The Hall–Kier alpha value is -1.51. The fourth-order valence-electron chi connectivity index (χ4n) is 1.38. The summed E-state index contributed by atoms with van der Waals surface area (Å²) >= 11 is 0. The predicted octanol–water partition coefficient (Wildman–Crippen LogP) is -2.26. The molecule has 0 heterocycles. The standard InChI is InChI=1S/C15H21O8.Na/c1-5-20-12(16)10(13(17)21-6-2)9-11(14(18)22-7-3)15(19)23-8-4;/h9H,5-8H2,1-4H3;/q-1;+1. The number of esters is 4. The summed E-state index contributed by atoms with van der Waals surface area (Å²) in [4.78, 5) is 47.4. The first kappa shape index (κ1) is 24.7. The third kappa shape index (κ3) is 8.37. The van der Waals surface area contributed by atoms with Crippen molar-refractivity contribution >= 4 is 23.9 Å². The van der Waals surface area contributed by atoms with Crippen LogP contribution in [0, 0.1) is 5.92 Å². The van der Waals surface area contributed by atoms with Crippen molar-refractivity contribution < 1.29 is 67.7 Å². The van der Waals surface area contributed by atoms with E-state index >= 15 is 0 Å². The number of hydrogen-bond donors (Lipinski definition) is 0. The van der Waals surface area contributed by atoms with E-state index in [1.54, 1.807) is 27.7 Å². The molecular formula is C15H21NaO8. The van der Waals surface area contributed by atoms with Crippen molar-refractivity contribution in [3.05, 3.63) is 17.6 Å². The molecule has 0 aromatic rings. The molecule has 0 radical (unpaired) electrons. The van der Waals surface area contributed by atoms with Gasteiger partial charge in [-0.1, -0.05) is 0 Å². The fraction of sp³-hybridized carbons (Fsp3) is 0.533. The number of ether oxygens (including phenoxy) is 4. The van der Waals surface area contributed by atoms with Crippen LogP contribution in [0.3, 0.4) is 0 Å². The Morgan fingerprint density at radius 3 is 1.33 bits per heavy atom. The number of carbonyl (C=O) groups excluding carboxylic acids is 4. The van der Waals surface area contributed by atoms with Gasteiger partial charge in [-0.25, -0.2) is 0 Å². The van der Waals surface area contributed by atoms with E-state index < -0.39 is 35.4 Å². The summed E-state index contributed by atoms with van der Waals surface area (Å²) in [6.45, 7) is 6.19. The molecule has 0 spiro atoms. The van der Waals surface area contributed by atoms with Crippen LogP contribution < -0.4 is 29.6 Å². The topological polar surface area (TPSA) is 105 Å². The van der Waals surface area contributed by atoms with Crippen molar-refractivity contribution in [1.29, 1.82) is 0 Å². The third-order valence-corrected chi connectivity index (χ3v) is 2.27. The Bertz CT molecular complexity index is 434. The van der Waals surface area contributed by atoms with Crippen molar-refractivity contribution in [2.75, 3.05) is 26.4 Å². The molecule has 0 aliphatic carbocycles. The molecule has 0 unspecified atom stereocenters. The van der Waals surface area contributed by atoms with Gasteiger partial charge in [0.15, 0.2) is 0 Å². The van der Waals surface area contributed by atoms with Crippen LogP contribution in [0.1, 0.15) is 27.7 Å². The minimum atomic E-state index is -1.02. The summed E-state index contributed by atoms with van der Waals surface area (Å²) in [6, 6.07) is 0. The average Bonchev–Trinajstić information content (AvgIpc) is 2.48. The second-order valence-corrected chi connectivity index (χ2v) is 3.85. The molecule has 0 saturated heterocycles. The van der Waals surface area contributed by atoms with Crippen LogP contribution in [-0.4, -0.2) is 50.3 Å². The molecule has 0 amide bonds. The van der Waals surface area contributed by atoms with Gasteiger partial charge in [-0.05, 0) is 39.2 Å². The molecular weight excluding hydrogens is 331 g/mol. The maximum Gasteiger partial charge on any atom is 1.00 e. The largest absolute Gasteiger partial charge is 1.00 e. The summed E-state index contributed by atoms with van der Waals surface area (Å²) < 4.78 is 18.9. The van der Waals surface area contributed by atoms with E-state index in [1.807, 2.05) is 0 Å². The first-order chi connectivity index (χ1) is 10.9. The molecule has 0 aliphatic rings. The second-order valence-electron chi connectivity index (χ2n) is 3.85. The van der Waals surface area contributed by atoms with Crippen LogP contribution in [-0.2, 0) is 38.1 Å². The summed E-state index contributed by atoms with van der Waals surface area (Å²) in [5.41, 5.74) is -0.593. The molecule has 0 N–H and O–H groups in total. The summed E-state index contributed by atoms with van der Waals surface area (Å²) in [5, 5.41) is 0. The molecule has 0 rings (SSSR count). The average molecular weight is 352 g/mol. The Kier molecular flexibility index (Phi) is 14.3.